The Morgan fingerprint density at radius 3 is 2.49 bits per heavy atom. The van der Waals surface area contributed by atoms with Crippen molar-refractivity contribution in [3.8, 4) is 6.07 Å². The number of amides is 1. The number of allylic oxidation sites excluding steroid dienone is 1. The van der Waals surface area contributed by atoms with Crippen LogP contribution < -0.4 is 16.4 Å². The largest absolute Gasteiger partial charge is 0.433 e. The molecule has 1 fully saturated rings. The zero-order valence-electron chi connectivity index (χ0n) is 23.9. The Morgan fingerprint density at radius 2 is 1.81 bits per heavy atom. The van der Waals surface area contributed by atoms with E-state index >= 15 is 0 Å². The molecule has 43 heavy (non-hydrogen) atoms. The van der Waals surface area contributed by atoms with Gasteiger partial charge in [-0.1, -0.05) is 43.2 Å². The van der Waals surface area contributed by atoms with Crippen LogP contribution in [0.4, 0.5) is 28.9 Å². The number of hydrogen-bond acceptors (Lipinski definition) is 5. The Bertz CT molecular complexity index is 1590. The minimum Gasteiger partial charge on any atom is -0.320 e. The topological polar surface area (TPSA) is 103 Å². The van der Waals surface area contributed by atoms with E-state index in [9.17, 15) is 27.6 Å². The van der Waals surface area contributed by atoms with Gasteiger partial charge in [0.05, 0.1) is 28.5 Å². The number of carbonyl (C=O) groups excluding carboxylic acids is 1. The molecule has 0 aliphatic heterocycles. The molecular weight excluding hydrogens is 558 g/mol. The average Bonchev–Trinajstić information content (AvgIpc) is 3.81. The zero-order valence-corrected chi connectivity index (χ0v) is 23.9. The van der Waals surface area contributed by atoms with E-state index in [0.29, 0.717) is 41.6 Å². The second-order valence-electron chi connectivity index (χ2n) is 10.8. The summed E-state index contributed by atoms with van der Waals surface area (Å²) in [5, 5.41) is 14.7. The van der Waals surface area contributed by atoms with Crippen LogP contribution in [-0.4, -0.2) is 24.8 Å². The molecule has 1 amide bonds. The summed E-state index contributed by atoms with van der Waals surface area (Å²) in [6.07, 6.45) is -0.649. The number of nitriles is 1. The first kappa shape index (κ1) is 31.6. The fourth-order valence-corrected chi connectivity index (χ4v) is 4.81. The number of nitrogens with zero attached hydrogens (tertiary/aromatic N) is 2. The Kier molecular flexibility index (Phi) is 9.79. The van der Waals surface area contributed by atoms with Crippen LogP contribution >= 0.6 is 0 Å². The maximum absolute atomic E-state index is 14.9. The molecule has 10 heteroatoms. The van der Waals surface area contributed by atoms with Gasteiger partial charge in [0.1, 0.15) is 11.5 Å². The summed E-state index contributed by atoms with van der Waals surface area (Å²) >= 11 is 0. The van der Waals surface area contributed by atoms with Gasteiger partial charge in [0.15, 0.2) is 0 Å². The molecule has 3 aromatic rings. The molecule has 3 aromatic carbocycles. The number of nitrogens with two attached hydrogens (primary N) is 1. The Morgan fingerprint density at radius 1 is 1.09 bits per heavy atom. The summed E-state index contributed by atoms with van der Waals surface area (Å²) in [4.78, 5) is 16.8. The standard InChI is InChI=1S/C33H33F4N5O/c1-21(15-30(33(35,36)37)41-27-8-4-6-24(17-27)20-40-2)31(43)42-29-18-26(11-12-28(29)34)32(39,14-13-22-9-10-22)25-7-3-5-23(16-25)19-38/h3-8,11-12,15-18,22,40H,9-10,13-14,20,39H2,1-2H3,(H,42,43)/b21-15+,41-30?. The van der Waals surface area contributed by atoms with Crippen molar-refractivity contribution in [2.75, 3.05) is 12.4 Å². The first-order valence-corrected chi connectivity index (χ1v) is 13.9. The number of aliphatic imine (C=N–C) groups is 1. The SMILES string of the molecule is CNCc1cccc(N=C(/C=C(\C)C(=O)Nc2cc(C(N)(CCC3CC3)c3cccc(C#N)c3)ccc2F)C(F)(F)F)c1. The van der Waals surface area contributed by atoms with E-state index in [1.165, 1.54) is 31.2 Å². The number of halogens is 4. The third kappa shape index (κ3) is 8.15. The van der Waals surface area contributed by atoms with Gasteiger partial charge in [-0.3, -0.25) is 4.79 Å². The highest BCUT2D eigenvalue weighted by Crippen LogP contribution is 2.40. The van der Waals surface area contributed by atoms with Crippen molar-refractivity contribution in [2.24, 2.45) is 16.6 Å². The van der Waals surface area contributed by atoms with E-state index in [0.717, 1.165) is 30.9 Å². The van der Waals surface area contributed by atoms with Gasteiger partial charge in [-0.2, -0.15) is 18.4 Å². The quantitative estimate of drug-likeness (QED) is 0.127. The van der Waals surface area contributed by atoms with Crippen LogP contribution in [0.5, 0.6) is 0 Å². The van der Waals surface area contributed by atoms with Crippen molar-refractivity contribution >= 4 is 23.0 Å². The fourth-order valence-electron chi connectivity index (χ4n) is 4.81. The van der Waals surface area contributed by atoms with Crippen molar-refractivity contribution in [1.29, 1.82) is 5.26 Å². The molecule has 4 N–H and O–H groups in total. The second-order valence-corrected chi connectivity index (χ2v) is 10.8. The number of alkyl halides is 3. The molecule has 1 aliphatic rings. The number of anilines is 1. The number of rotatable bonds is 11. The number of carbonyl (C=O) groups is 1. The van der Waals surface area contributed by atoms with Crippen LogP contribution in [0.2, 0.25) is 0 Å². The highest BCUT2D eigenvalue weighted by atomic mass is 19.4. The summed E-state index contributed by atoms with van der Waals surface area (Å²) in [5.74, 6) is -1.15. The number of nitrogens with one attached hydrogen (secondary N) is 2. The lowest BCUT2D eigenvalue weighted by molar-refractivity contribution is -0.112. The summed E-state index contributed by atoms with van der Waals surface area (Å²) in [7, 11) is 1.72. The van der Waals surface area contributed by atoms with Gasteiger partial charge in [-0.25, -0.2) is 9.38 Å². The summed E-state index contributed by atoms with van der Waals surface area (Å²) in [5.41, 5.74) is 6.47. The number of benzene rings is 3. The molecule has 0 saturated heterocycles. The minimum absolute atomic E-state index is 0.0780. The lowest BCUT2D eigenvalue weighted by Gasteiger charge is -2.32. The van der Waals surface area contributed by atoms with Crippen LogP contribution in [0.3, 0.4) is 0 Å². The van der Waals surface area contributed by atoms with Gasteiger partial charge in [0.25, 0.3) is 5.91 Å². The molecule has 4 rings (SSSR count). The molecule has 0 radical (unpaired) electrons. The molecule has 0 spiro atoms. The Hall–Kier alpha value is -4.33. The van der Waals surface area contributed by atoms with Gasteiger partial charge in [0, 0.05) is 12.1 Å². The van der Waals surface area contributed by atoms with E-state index in [-0.39, 0.29) is 16.9 Å². The Labute approximate surface area is 248 Å². The van der Waals surface area contributed by atoms with Crippen molar-refractivity contribution in [2.45, 2.75) is 50.9 Å². The molecule has 1 aliphatic carbocycles. The van der Waals surface area contributed by atoms with E-state index in [1.54, 1.807) is 43.4 Å². The molecular formula is C33H33F4N5O. The van der Waals surface area contributed by atoms with Crippen molar-refractivity contribution in [3.05, 3.63) is 106 Å². The second kappa shape index (κ2) is 13.3. The molecule has 6 nitrogen and oxygen atoms in total. The molecule has 1 unspecified atom stereocenters. The van der Waals surface area contributed by atoms with E-state index in [4.69, 9.17) is 5.73 Å². The lowest BCUT2D eigenvalue weighted by Crippen LogP contribution is -2.38. The summed E-state index contributed by atoms with van der Waals surface area (Å²) < 4.78 is 56.6. The van der Waals surface area contributed by atoms with Crippen molar-refractivity contribution in [1.82, 2.24) is 5.32 Å². The monoisotopic (exact) mass is 591 g/mol. The molecule has 0 bridgehead atoms. The van der Waals surface area contributed by atoms with E-state index in [2.05, 4.69) is 21.7 Å². The third-order valence-electron chi connectivity index (χ3n) is 7.42. The van der Waals surface area contributed by atoms with Gasteiger partial charge in [-0.15, -0.1) is 0 Å². The van der Waals surface area contributed by atoms with Crippen LogP contribution in [0.15, 0.2) is 83.4 Å². The van der Waals surface area contributed by atoms with E-state index in [1.807, 2.05) is 0 Å². The molecule has 224 valence electrons. The molecule has 1 atom stereocenters. The smallest absolute Gasteiger partial charge is 0.320 e. The van der Waals surface area contributed by atoms with Gasteiger partial charge in [0.2, 0.25) is 0 Å². The highest BCUT2D eigenvalue weighted by molar-refractivity contribution is 6.10. The van der Waals surface area contributed by atoms with Crippen LogP contribution in [0, 0.1) is 23.1 Å². The average molecular weight is 592 g/mol. The van der Waals surface area contributed by atoms with Crippen LogP contribution in [0.25, 0.3) is 0 Å². The normalized spacial score (nSPS) is 15.5. The predicted octanol–water partition coefficient (Wildman–Crippen LogP) is 7.03. The van der Waals surface area contributed by atoms with Crippen molar-refractivity contribution in [3.63, 3.8) is 0 Å². The maximum atomic E-state index is 14.9. The van der Waals surface area contributed by atoms with Crippen LogP contribution in [0.1, 0.15) is 54.9 Å². The van der Waals surface area contributed by atoms with Crippen LogP contribution in [-0.2, 0) is 16.9 Å². The molecule has 0 aromatic heterocycles. The first-order valence-electron chi connectivity index (χ1n) is 13.9. The maximum Gasteiger partial charge on any atom is 0.433 e. The molecule has 0 heterocycles. The number of hydrogen-bond donors (Lipinski definition) is 3. The predicted molar refractivity (Wildman–Crippen MR) is 159 cm³/mol. The summed E-state index contributed by atoms with van der Waals surface area (Å²) in [6.45, 7) is 1.65. The zero-order chi connectivity index (χ0) is 31.2. The third-order valence-corrected chi connectivity index (χ3v) is 7.42. The minimum atomic E-state index is -4.84. The highest BCUT2D eigenvalue weighted by Gasteiger charge is 2.35. The lowest BCUT2D eigenvalue weighted by atomic mass is 9.79. The van der Waals surface area contributed by atoms with Gasteiger partial charge < -0.3 is 16.4 Å². The van der Waals surface area contributed by atoms with Gasteiger partial charge in [-0.05, 0) is 91.9 Å². The molecule has 1 saturated carbocycles. The van der Waals surface area contributed by atoms with Gasteiger partial charge >= 0.3 is 6.18 Å². The van der Waals surface area contributed by atoms with E-state index < -0.39 is 29.2 Å². The van der Waals surface area contributed by atoms with Crippen molar-refractivity contribution < 1.29 is 22.4 Å². The fraction of sp³-hybridized carbons (Fsp3) is 0.303. The summed E-state index contributed by atoms with van der Waals surface area (Å²) in [6, 6.07) is 19.4. The first-order chi connectivity index (χ1) is 20.4. The Balaban J connectivity index is 1.64.